The number of nitrogens with two attached hydrogens (primary N) is 1. The Kier molecular flexibility index (Phi) is 5.06. The molecule has 30 heavy (non-hydrogen) atoms. The second-order valence-electron chi connectivity index (χ2n) is 7.08. The van der Waals surface area contributed by atoms with E-state index < -0.39 is 29.5 Å². The molecule has 1 aliphatic rings. The lowest BCUT2D eigenvalue weighted by Gasteiger charge is -2.24. The van der Waals surface area contributed by atoms with Crippen molar-refractivity contribution in [2.24, 2.45) is 0 Å². The average Bonchev–Trinajstić information content (AvgIpc) is 3.29. The number of pyridine rings is 1. The van der Waals surface area contributed by atoms with E-state index in [9.17, 15) is 22.4 Å². The highest BCUT2D eigenvalue weighted by atomic mass is 19.4. The smallest absolute Gasteiger partial charge is 0.383 e. The minimum atomic E-state index is -4.64. The van der Waals surface area contributed by atoms with E-state index in [1.165, 1.54) is 18.2 Å². The lowest BCUT2D eigenvalue weighted by Crippen LogP contribution is -2.33. The number of hydrogen-bond donors (Lipinski definition) is 3. The van der Waals surface area contributed by atoms with Gasteiger partial charge in [-0.3, -0.25) is 14.8 Å². The van der Waals surface area contributed by atoms with Crippen molar-refractivity contribution in [2.45, 2.75) is 25.1 Å². The molecule has 0 aliphatic carbocycles. The second kappa shape index (κ2) is 7.56. The van der Waals surface area contributed by atoms with Crippen LogP contribution in [0.2, 0.25) is 0 Å². The van der Waals surface area contributed by atoms with Crippen molar-refractivity contribution in [3.05, 3.63) is 47.4 Å². The summed E-state index contributed by atoms with van der Waals surface area (Å²) in [5, 5.41) is 8.33. The first-order valence-electron chi connectivity index (χ1n) is 9.24. The quantitative estimate of drug-likeness (QED) is 0.559. The highest BCUT2D eigenvalue weighted by molar-refractivity contribution is 5.92. The van der Waals surface area contributed by atoms with Gasteiger partial charge in [-0.25, -0.2) is 9.37 Å². The molecular weight excluding hydrogens is 404 g/mol. The van der Waals surface area contributed by atoms with Crippen LogP contribution in [0.4, 0.5) is 29.1 Å². The molecular formula is C19H18F4N6O. The third-order valence-electron chi connectivity index (χ3n) is 5.08. The maximum absolute atomic E-state index is 13.7. The number of nitrogen functional groups attached to an aromatic ring is 1. The molecule has 0 spiro atoms. The number of halogens is 4. The number of anilines is 2. The zero-order valence-corrected chi connectivity index (χ0v) is 15.6. The van der Waals surface area contributed by atoms with Gasteiger partial charge in [-0.2, -0.15) is 18.3 Å². The molecule has 1 fully saturated rings. The monoisotopic (exact) mass is 422 g/mol. The van der Waals surface area contributed by atoms with Crippen LogP contribution in [0, 0.1) is 5.82 Å². The van der Waals surface area contributed by atoms with Crippen molar-refractivity contribution in [2.75, 3.05) is 24.1 Å². The van der Waals surface area contributed by atoms with Crippen LogP contribution in [0.3, 0.4) is 0 Å². The highest BCUT2D eigenvalue weighted by Gasteiger charge is 2.37. The number of benzene rings is 1. The van der Waals surface area contributed by atoms with Crippen molar-refractivity contribution in [1.29, 1.82) is 0 Å². The van der Waals surface area contributed by atoms with E-state index >= 15 is 0 Å². The second-order valence-corrected chi connectivity index (χ2v) is 7.08. The van der Waals surface area contributed by atoms with Crippen LogP contribution in [-0.2, 0) is 11.0 Å². The van der Waals surface area contributed by atoms with Gasteiger partial charge in [0.25, 0.3) is 0 Å². The van der Waals surface area contributed by atoms with Gasteiger partial charge in [-0.1, -0.05) is 12.1 Å². The van der Waals surface area contributed by atoms with E-state index in [1.807, 2.05) is 0 Å². The van der Waals surface area contributed by atoms with Crippen LogP contribution in [0.15, 0.2) is 30.3 Å². The summed E-state index contributed by atoms with van der Waals surface area (Å²) in [6.07, 6.45) is -3.43. The Balaban J connectivity index is 1.60. The Morgan fingerprint density at radius 3 is 2.83 bits per heavy atom. The standard InChI is InChI=1S/C19H18F4N6O/c20-11-4-1-2-5-12(11)25-15(30)9-29-7-3-6-14(29)13-8-10(19(21,22)23)16-17(24)27-28-18(16)26-13/h1-2,4-5,8,14H,3,6-7,9H2,(H,25,30)(H3,24,26,27,28)/t14-/m0/s1. The number of carbonyl (C=O) groups is 1. The molecule has 3 heterocycles. The number of likely N-dealkylation sites (tertiary alicyclic amines) is 1. The van der Waals surface area contributed by atoms with Crippen LogP contribution in [-0.4, -0.2) is 39.1 Å². The fourth-order valence-electron chi connectivity index (χ4n) is 3.75. The summed E-state index contributed by atoms with van der Waals surface area (Å²) < 4.78 is 54.5. The number of aromatic nitrogens is 3. The van der Waals surface area contributed by atoms with E-state index in [0.717, 1.165) is 6.07 Å². The van der Waals surface area contributed by atoms with E-state index in [0.29, 0.717) is 19.4 Å². The molecule has 1 amide bonds. The van der Waals surface area contributed by atoms with E-state index in [1.54, 1.807) is 11.0 Å². The number of rotatable bonds is 4. The third-order valence-corrected chi connectivity index (χ3v) is 5.08. The van der Waals surface area contributed by atoms with Crippen LogP contribution in [0.5, 0.6) is 0 Å². The van der Waals surface area contributed by atoms with Gasteiger partial charge in [0.2, 0.25) is 5.91 Å². The van der Waals surface area contributed by atoms with Gasteiger partial charge in [-0.05, 0) is 37.6 Å². The number of H-pyrrole nitrogens is 1. The van der Waals surface area contributed by atoms with Crippen molar-refractivity contribution in [3.63, 3.8) is 0 Å². The highest BCUT2D eigenvalue weighted by Crippen LogP contribution is 2.39. The molecule has 0 saturated carbocycles. The molecule has 1 saturated heterocycles. The molecule has 11 heteroatoms. The summed E-state index contributed by atoms with van der Waals surface area (Å²) >= 11 is 0. The Morgan fingerprint density at radius 1 is 1.33 bits per heavy atom. The van der Waals surface area contributed by atoms with Crippen LogP contribution in [0.25, 0.3) is 11.0 Å². The maximum Gasteiger partial charge on any atom is 0.417 e. The van der Waals surface area contributed by atoms with Gasteiger partial charge in [0, 0.05) is 0 Å². The minimum Gasteiger partial charge on any atom is -0.383 e. The van der Waals surface area contributed by atoms with Gasteiger partial charge in [0.05, 0.1) is 34.9 Å². The molecule has 7 nitrogen and oxygen atoms in total. The van der Waals surface area contributed by atoms with Crippen LogP contribution >= 0.6 is 0 Å². The Hall–Kier alpha value is -3.21. The van der Waals surface area contributed by atoms with Gasteiger partial charge in [0.1, 0.15) is 11.6 Å². The zero-order chi connectivity index (χ0) is 21.5. The summed E-state index contributed by atoms with van der Waals surface area (Å²) in [5.41, 5.74) is 4.77. The number of hydrogen-bond acceptors (Lipinski definition) is 5. The lowest BCUT2D eigenvalue weighted by atomic mass is 10.1. The summed E-state index contributed by atoms with van der Waals surface area (Å²) in [7, 11) is 0. The molecule has 2 aromatic heterocycles. The van der Waals surface area contributed by atoms with E-state index in [2.05, 4.69) is 20.5 Å². The average molecular weight is 422 g/mol. The predicted molar refractivity (Wildman–Crippen MR) is 102 cm³/mol. The molecule has 1 atom stereocenters. The molecule has 1 aromatic carbocycles. The number of para-hydroxylation sites is 1. The molecule has 1 aliphatic heterocycles. The first-order chi connectivity index (χ1) is 14.2. The number of amides is 1. The Bertz CT molecular complexity index is 1100. The number of fused-ring (bicyclic) bond motifs is 1. The van der Waals surface area contributed by atoms with Crippen molar-refractivity contribution in [3.8, 4) is 0 Å². The largest absolute Gasteiger partial charge is 0.417 e. The van der Waals surface area contributed by atoms with E-state index in [-0.39, 0.29) is 34.8 Å². The van der Waals surface area contributed by atoms with Gasteiger partial charge in [-0.15, -0.1) is 0 Å². The Morgan fingerprint density at radius 2 is 2.10 bits per heavy atom. The number of alkyl halides is 3. The van der Waals surface area contributed by atoms with Crippen molar-refractivity contribution < 1.29 is 22.4 Å². The maximum atomic E-state index is 13.7. The fourth-order valence-corrected chi connectivity index (χ4v) is 3.75. The van der Waals surface area contributed by atoms with Crippen molar-refractivity contribution in [1.82, 2.24) is 20.1 Å². The van der Waals surface area contributed by atoms with Gasteiger partial charge < -0.3 is 11.1 Å². The fraction of sp³-hybridized carbons (Fsp3) is 0.316. The molecule has 0 unspecified atom stereocenters. The summed E-state index contributed by atoms with van der Waals surface area (Å²) in [5.74, 6) is -1.24. The Labute approximate surface area is 168 Å². The minimum absolute atomic E-state index is 0.0455. The summed E-state index contributed by atoms with van der Waals surface area (Å²) in [4.78, 5) is 18.4. The summed E-state index contributed by atoms with van der Waals surface area (Å²) in [6, 6.07) is 6.21. The number of carbonyl (C=O) groups excluding carboxylic acids is 1. The molecule has 158 valence electrons. The van der Waals surface area contributed by atoms with Gasteiger partial charge >= 0.3 is 6.18 Å². The van der Waals surface area contributed by atoms with Crippen LogP contribution in [0.1, 0.15) is 30.1 Å². The third kappa shape index (κ3) is 3.80. The SMILES string of the molecule is Nc1[nH]nc2nc([C@@H]3CCCN3CC(=O)Nc3ccccc3F)cc(C(F)(F)F)c12. The molecule has 3 aromatic rings. The molecule has 0 bridgehead atoms. The first kappa shape index (κ1) is 20.1. The lowest BCUT2D eigenvalue weighted by molar-refractivity contribution is -0.136. The summed E-state index contributed by atoms with van der Waals surface area (Å²) in [6.45, 7) is 0.391. The molecule has 4 rings (SSSR count). The number of nitrogens with zero attached hydrogens (tertiary/aromatic N) is 3. The first-order valence-corrected chi connectivity index (χ1v) is 9.24. The zero-order valence-electron chi connectivity index (χ0n) is 15.6. The molecule has 0 radical (unpaired) electrons. The number of aromatic amines is 1. The predicted octanol–water partition coefficient (Wildman–Crippen LogP) is 3.47. The topological polar surface area (TPSA) is 99.9 Å². The normalized spacial score (nSPS) is 17.5. The van der Waals surface area contributed by atoms with Gasteiger partial charge in [0.15, 0.2) is 5.65 Å². The van der Waals surface area contributed by atoms with Crippen molar-refractivity contribution >= 4 is 28.4 Å². The molecule has 4 N–H and O–H groups in total. The van der Waals surface area contributed by atoms with Crippen LogP contribution < -0.4 is 11.1 Å². The van der Waals surface area contributed by atoms with E-state index in [4.69, 9.17) is 5.73 Å². The number of nitrogens with one attached hydrogen (secondary N) is 2.